The van der Waals surface area contributed by atoms with Crippen molar-refractivity contribution in [2.24, 2.45) is 23.0 Å². The minimum absolute atomic E-state index is 0.0574. The Labute approximate surface area is 231 Å². The predicted octanol–water partition coefficient (Wildman–Crippen LogP) is 4.98. The molecule has 3 unspecified atom stereocenters. The zero-order chi connectivity index (χ0) is 29.9. The van der Waals surface area contributed by atoms with Crippen LogP contribution in [0.2, 0.25) is 0 Å². The van der Waals surface area contributed by atoms with E-state index >= 15 is 0 Å². The third kappa shape index (κ3) is 12.1. The van der Waals surface area contributed by atoms with Crippen LogP contribution in [0.4, 0.5) is 4.79 Å². The van der Waals surface area contributed by atoms with Gasteiger partial charge in [-0.1, -0.05) is 54.5 Å². The van der Waals surface area contributed by atoms with Crippen molar-refractivity contribution in [2.45, 2.75) is 99.8 Å². The lowest BCUT2D eigenvalue weighted by Crippen LogP contribution is -2.39. The number of carbonyl (C=O) groups is 4. The molecule has 0 spiro atoms. The average molecular weight is 552 g/mol. The van der Waals surface area contributed by atoms with E-state index in [1.807, 2.05) is 34.6 Å². The fourth-order valence-electron chi connectivity index (χ4n) is 2.86. The van der Waals surface area contributed by atoms with Gasteiger partial charge in [0.25, 0.3) is 0 Å². The van der Waals surface area contributed by atoms with Crippen LogP contribution in [0.5, 0.6) is 11.5 Å². The number of hydrogen-bond donors (Lipinski definition) is 1. The van der Waals surface area contributed by atoms with Crippen molar-refractivity contribution in [3.8, 4) is 11.5 Å². The van der Waals surface area contributed by atoms with E-state index in [4.69, 9.17) is 29.4 Å². The maximum atomic E-state index is 12.6. The Kier molecular flexibility index (Phi) is 13.4. The summed E-state index contributed by atoms with van der Waals surface area (Å²) < 4.78 is 26.7. The van der Waals surface area contributed by atoms with Gasteiger partial charge in [-0.25, -0.2) is 4.79 Å². The molecule has 1 aromatic carbocycles. The summed E-state index contributed by atoms with van der Waals surface area (Å²) in [4.78, 5) is 49.4. The van der Waals surface area contributed by atoms with Crippen LogP contribution in [0, 0.1) is 17.3 Å². The SMILES string of the molecule is CCC(C)C(=O)Oc1ccc(C[C@H](N)C(=O)O[C@@H](C)C(C)OC(=O)OCC(C)(C)C)cc1OC(=O)C(C)CC. The first-order valence-electron chi connectivity index (χ1n) is 13.4. The first-order chi connectivity index (χ1) is 18.1. The van der Waals surface area contributed by atoms with Gasteiger partial charge in [-0.15, -0.1) is 0 Å². The Bertz CT molecular complexity index is 985. The van der Waals surface area contributed by atoms with Crippen LogP contribution >= 0.6 is 0 Å². The van der Waals surface area contributed by atoms with Crippen LogP contribution < -0.4 is 15.2 Å². The topological polar surface area (TPSA) is 140 Å². The largest absolute Gasteiger partial charge is 0.508 e. The first-order valence-corrected chi connectivity index (χ1v) is 13.4. The van der Waals surface area contributed by atoms with E-state index in [1.165, 1.54) is 12.1 Å². The van der Waals surface area contributed by atoms with Crippen molar-refractivity contribution in [3.05, 3.63) is 23.8 Å². The standard InChI is InChI=1S/C29H45NO9/c1-10-17(3)25(31)38-23-13-12-21(15-24(23)39-26(32)18(4)11-2)14-22(30)27(33)36-19(5)20(6)37-28(34)35-16-29(7,8)9/h12-13,15,17-20,22H,10-11,14,16,30H2,1-9H3/t17?,18?,19-,20?,22-/m0/s1. The van der Waals surface area contributed by atoms with Gasteiger partial charge < -0.3 is 29.4 Å². The molecule has 0 heterocycles. The lowest BCUT2D eigenvalue weighted by atomic mass is 9.99. The number of benzene rings is 1. The van der Waals surface area contributed by atoms with Crippen molar-refractivity contribution in [2.75, 3.05) is 6.61 Å². The third-order valence-electron chi connectivity index (χ3n) is 6.09. The third-order valence-corrected chi connectivity index (χ3v) is 6.09. The fourth-order valence-corrected chi connectivity index (χ4v) is 2.86. The van der Waals surface area contributed by atoms with Crippen LogP contribution in [0.15, 0.2) is 18.2 Å². The highest BCUT2D eigenvalue weighted by Gasteiger charge is 2.26. The molecule has 5 atom stereocenters. The zero-order valence-electron chi connectivity index (χ0n) is 24.7. The predicted molar refractivity (Wildman–Crippen MR) is 145 cm³/mol. The van der Waals surface area contributed by atoms with Crippen molar-refractivity contribution in [1.29, 1.82) is 0 Å². The van der Waals surface area contributed by atoms with Gasteiger partial charge in [-0.3, -0.25) is 14.4 Å². The lowest BCUT2D eigenvalue weighted by Gasteiger charge is -2.23. The Morgan fingerprint density at radius 3 is 1.82 bits per heavy atom. The van der Waals surface area contributed by atoms with Crippen LogP contribution in [0.1, 0.15) is 80.7 Å². The van der Waals surface area contributed by atoms with Gasteiger partial charge in [0, 0.05) is 0 Å². The average Bonchev–Trinajstić information content (AvgIpc) is 2.87. The quantitative estimate of drug-likeness (QED) is 0.264. The fraction of sp³-hybridized carbons (Fsp3) is 0.655. The highest BCUT2D eigenvalue weighted by molar-refractivity contribution is 5.79. The maximum Gasteiger partial charge on any atom is 0.508 e. The molecule has 10 nitrogen and oxygen atoms in total. The van der Waals surface area contributed by atoms with E-state index in [9.17, 15) is 19.2 Å². The Morgan fingerprint density at radius 2 is 1.31 bits per heavy atom. The number of nitrogens with two attached hydrogens (primary N) is 1. The second kappa shape index (κ2) is 15.5. The molecule has 0 fully saturated rings. The van der Waals surface area contributed by atoms with Gasteiger partial charge in [-0.05, 0) is 56.2 Å². The molecule has 2 N–H and O–H groups in total. The summed E-state index contributed by atoms with van der Waals surface area (Å²) >= 11 is 0. The summed E-state index contributed by atoms with van der Waals surface area (Å²) in [5.74, 6) is -2.14. The molecule has 0 aliphatic heterocycles. The van der Waals surface area contributed by atoms with E-state index in [0.29, 0.717) is 18.4 Å². The normalized spacial score (nSPS) is 15.2. The summed E-state index contributed by atoms with van der Waals surface area (Å²) in [7, 11) is 0. The van der Waals surface area contributed by atoms with Crippen molar-refractivity contribution < 1.29 is 42.9 Å². The number of carbonyl (C=O) groups excluding carboxylic acids is 4. The molecular weight excluding hydrogens is 506 g/mol. The minimum Gasteiger partial charge on any atom is -0.458 e. The summed E-state index contributed by atoms with van der Waals surface area (Å²) in [5.41, 5.74) is 6.44. The molecule has 0 aromatic heterocycles. The zero-order valence-corrected chi connectivity index (χ0v) is 24.7. The highest BCUT2D eigenvalue weighted by atomic mass is 16.7. The number of esters is 3. The molecule has 1 rings (SSSR count). The Balaban J connectivity index is 2.90. The summed E-state index contributed by atoms with van der Waals surface area (Å²) in [6.07, 6.45) is -1.16. The van der Waals surface area contributed by atoms with Gasteiger partial charge in [0.15, 0.2) is 11.5 Å². The molecule has 0 saturated heterocycles. The number of hydrogen-bond acceptors (Lipinski definition) is 10. The van der Waals surface area contributed by atoms with Gasteiger partial charge >= 0.3 is 24.1 Å². The Morgan fingerprint density at radius 1 is 0.795 bits per heavy atom. The van der Waals surface area contributed by atoms with Crippen LogP contribution in [-0.2, 0) is 35.0 Å². The van der Waals surface area contributed by atoms with Crippen molar-refractivity contribution in [3.63, 3.8) is 0 Å². The molecule has 0 saturated carbocycles. The van der Waals surface area contributed by atoms with E-state index in [-0.39, 0.29) is 41.8 Å². The molecule has 10 heteroatoms. The minimum atomic E-state index is -1.06. The van der Waals surface area contributed by atoms with Gasteiger partial charge in [0.1, 0.15) is 18.2 Å². The number of ether oxygens (including phenoxy) is 5. The first kappa shape index (κ1) is 33.9. The van der Waals surface area contributed by atoms with Crippen LogP contribution in [0.3, 0.4) is 0 Å². The second-order valence-electron chi connectivity index (χ2n) is 11.1. The van der Waals surface area contributed by atoms with E-state index in [2.05, 4.69) is 0 Å². The monoisotopic (exact) mass is 551 g/mol. The molecule has 0 aliphatic carbocycles. The molecule has 220 valence electrons. The van der Waals surface area contributed by atoms with E-state index in [0.717, 1.165) is 0 Å². The summed E-state index contributed by atoms with van der Waals surface area (Å²) in [6, 6.07) is 3.61. The second-order valence-corrected chi connectivity index (χ2v) is 11.1. The molecule has 0 radical (unpaired) electrons. The molecule has 39 heavy (non-hydrogen) atoms. The molecule has 0 aliphatic rings. The van der Waals surface area contributed by atoms with Gasteiger partial charge in [0.05, 0.1) is 18.4 Å². The van der Waals surface area contributed by atoms with Crippen LogP contribution in [-0.4, -0.2) is 48.9 Å². The molecule has 1 aromatic rings. The number of rotatable bonds is 13. The molecular formula is C29H45NO9. The lowest BCUT2D eigenvalue weighted by molar-refractivity contribution is -0.155. The smallest absolute Gasteiger partial charge is 0.458 e. The van der Waals surface area contributed by atoms with Crippen LogP contribution in [0.25, 0.3) is 0 Å². The maximum absolute atomic E-state index is 12.6. The molecule has 0 amide bonds. The molecule has 0 bridgehead atoms. The van der Waals surface area contributed by atoms with Gasteiger partial charge in [0.2, 0.25) is 0 Å². The van der Waals surface area contributed by atoms with E-state index < -0.39 is 42.3 Å². The summed E-state index contributed by atoms with van der Waals surface area (Å²) in [6.45, 7) is 16.3. The highest BCUT2D eigenvalue weighted by Crippen LogP contribution is 2.31. The Hall–Kier alpha value is -3.14. The van der Waals surface area contributed by atoms with Crippen molar-refractivity contribution >= 4 is 24.1 Å². The van der Waals surface area contributed by atoms with Gasteiger partial charge in [-0.2, -0.15) is 0 Å². The van der Waals surface area contributed by atoms with E-state index in [1.54, 1.807) is 33.8 Å². The summed E-state index contributed by atoms with van der Waals surface area (Å²) in [5, 5.41) is 0. The van der Waals surface area contributed by atoms with Crippen molar-refractivity contribution in [1.82, 2.24) is 0 Å².